The van der Waals surface area contributed by atoms with Gasteiger partial charge in [-0.2, -0.15) is 0 Å². The fourth-order valence-corrected chi connectivity index (χ4v) is 2.74. The Labute approximate surface area is 140 Å². The first-order valence-corrected chi connectivity index (χ1v) is 8.65. The average Bonchev–Trinajstić information content (AvgIpc) is 2.91. The molecule has 0 aromatic carbocycles. The van der Waals surface area contributed by atoms with Gasteiger partial charge in [-0.05, 0) is 59.0 Å². The molecule has 0 N–H and O–H groups in total. The molecule has 1 amide bonds. The van der Waals surface area contributed by atoms with Gasteiger partial charge in [-0.25, -0.2) is 9.59 Å². The highest BCUT2D eigenvalue weighted by Crippen LogP contribution is 2.28. The Hall–Kier alpha value is -1.52. The molecule has 0 aromatic rings. The van der Waals surface area contributed by atoms with Gasteiger partial charge in [-0.3, -0.25) is 0 Å². The highest BCUT2D eigenvalue weighted by Gasteiger charge is 2.34. The highest BCUT2D eigenvalue weighted by atomic mass is 16.6. The fraction of sp³-hybridized carbons (Fsp3) is 0.778. The minimum Gasteiger partial charge on any atom is -0.463 e. The number of hydrogen-bond acceptors (Lipinski definition) is 4. The maximum absolute atomic E-state index is 12.4. The highest BCUT2D eigenvalue weighted by molar-refractivity contribution is 5.83. The topological polar surface area (TPSA) is 55.8 Å². The molecule has 0 bridgehead atoms. The Morgan fingerprint density at radius 1 is 1.26 bits per heavy atom. The smallest absolute Gasteiger partial charge is 0.410 e. The van der Waals surface area contributed by atoms with E-state index in [1.165, 1.54) is 0 Å². The molecule has 5 nitrogen and oxygen atoms in total. The Kier molecular flexibility index (Phi) is 7.59. The zero-order chi connectivity index (χ0) is 17.5. The molecule has 0 saturated carbocycles. The molecule has 0 radical (unpaired) electrons. The lowest BCUT2D eigenvalue weighted by Gasteiger charge is -2.30. The summed E-state index contributed by atoms with van der Waals surface area (Å²) in [6, 6.07) is -0.0548. The number of likely N-dealkylation sites (tertiary alicyclic amines) is 1. The van der Waals surface area contributed by atoms with Crippen LogP contribution in [0.15, 0.2) is 11.6 Å². The van der Waals surface area contributed by atoms with E-state index < -0.39 is 5.60 Å². The molecule has 1 aliphatic rings. The van der Waals surface area contributed by atoms with Crippen molar-refractivity contribution in [1.82, 2.24) is 4.90 Å². The van der Waals surface area contributed by atoms with Crippen LogP contribution in [-0.4, -0.2) is 41.8 Å². The second kappa shape index (κ2) is 8.94. The molecule has 1 rings (SSSR count). The van der Waals surface area contributed by atoms with Crippen LogP contribution in [0.2, 0.25) is 0 Å². The Morgan fingerprint density at radius 3 is 2.52 bits per heavy atom. The van der Waals surface area contributed by atoms with Crippen molar-refractivity contribution in [3.05, 3.63) is 11.6 Å². The molecule has 23 heavy (non-hydrogen) atoms. The molecule has 0 spiro atoms. The van der Waals surface area contributed by atoms with Crippen molar-refractivity contribution in [2.75, 3.05) is 13.2 Å². The first-order valence-electron chi connectivity index (χ1n) is 8.65. The van der Waals surface area contributed by atoms with Crippen LogP contribution < -0.4 is 0 Å². The Balaban J connectivity index is 2.90. The first-order chi connectivity index (χ1) is 10.8. The third-order valence-electron chi connectivity index (χ3n) is 3.72. The largest absolute Gasteiger partial charge is 0.463 e. The number of carbonyl (C=O) groups is 2. The van der Waals surface area contributed by atoms with Crippen molar-refractivity contribution >= 4 is 12.1 Å². The summed E-state index contributed by atoms with van der Waals surface area (Å²) in [7, 11) is 0. The lowest BCUT2D eigenvalue weighted by atomic mass is 9.98. The van der Waals surface area contributed by atoms with E-state index in [0.717, 1.165) is 37.7 Å². The van der Waals surface area contributed by atoms with E-state index in [1.807, 2.05) is 20.8 Å². The molecule has 0 aliphatic carbocycles. The maximum atomic E-state index is 12.4. The van der Waals surface area contributed by atoms with Crippen molar-refractivity contribution in [1.29, 1.82) is 0 Å². The summed E-state index contributed by atoms with van der Waals surface area (Å²) in [6.07, 6.45) is 5.91. The van der Waals surface area contributed by atoms with Crippen molar-refractivity contribution in [3.63, 3.8) is 0 Å². The second-order valence-electron chi connectivity index (χ2n) is 6.91. The van der Waals surface area contributed by atoms with Crippen LogP contribution in [-0.2, 0) is 14.3 Å². The molecule has 1 fully saturated rings. The number of hydrogen-bond donors (Lipinski definition) is 0. The van der Waals surface area contributed by atoms with Crippen LogP contribution in [0.5, 0.6) is 0 Å². The molecule has 0 aromatic heterocycles. The normalized spacial score (nSPS) is 18.9. The summed E-state index contributed by atoms with van der Waals surface area (Å²) in [5.41, 5.74) is 0.465. The minimum absolute atomic E-state index is 0.0548. The molecule has 1 aliphatic heterocycles. The minimum atomic E-state index is -0.515. The summed E-state index contributed by atoms with van der Waals surface area (Å²) >= 11 is 0. The zero-order valence-corrected chi connectivity index (χ0v) is 15.2. The average molecular weight is 325 g/mol. The number of ether oxygens (including phenoxy) is 2. The third-order valence-corrected chi connectivity index (χ3v) is 3.72. The number of carbonyl (C=O) groups excluding carboxylic acids is 2. The van der Waals surface area contributed by atoms with Gasteiger partial charge < -0.3 is 14.4 Å². The fourth-order valence-electron chi connectivity index (χ4n) is 2.74. The van der Waals surface area contributed by atoms with Crippen LogP contribution in [0.25, 0.3) is 0 Å². The molecule has 1 atom stereocenters. The SMILES string of the molecule is CCCC/C(=C\C(=O)OCC)C1CCCN1C(=O)OC(C)(C)C. The van der Waals surface area contributed by atoms with Gasteiger partial charge in [0.2, 0.25) is 0 Å². The predicted molar refractivity (Wildman–Crippen MR) is 90.2 cm³/mol. The molecule has 1 heterocycles. The summed E-state index contributed by atoms with van der Waals surface area (Å²) in [5.74, 6) is -0.324. The van der Waals surface area contributed by atoms with Gasteiger partial charge in [-0.15, -0.1) is 0 Å². The summed E-state index contributed by atoms with van der Waals surface area (Å²) in [5, 5.41) is 0. The van der Waals surface area contributed by atoms with E-state index in [4.69, 9.17) is 9.47 Å². The standard InChI is InChI=1S/C18H31NO4/c1-6-8-10-14(13-16(20)22-7-2)15-11-9-12-19(15)17(21)23-18(3,4)5/h13,15H,6-12H2,1-5H3/b14-13+. The van der Waals surface area contributed by atoms with Gasteiger partial charge in [0.15, 0.2) is 0 Å². The van der Waals surface area contributed by atoms with Crippen molar-refractivity contribution in [3.8, 4) is 0 Å². The van der Waals surface area contributed by atoms with Crippen molar-refractivity contribution < 1.29 is 19.1 Å². The molecule has 5 heteroatoms. The summed E-state index contributed by atoms with van der Waals surface area (Å²) in [6.45, 7) is 10.5. The third kappa shape index (κ3) is 6.63. The Bertz CT molecular complexity index is 437. The first kappa shape index (κ1) is 19.5. The van der Waals surface area contributed by atoms with Crippen LogP contribution in [0.1, 0.15) is 66.7 Å². The molecular formula is C18H31NO4. The van der Waals surface area contributed by atoms with Gasteiger partial charge >= 0.3 is 12.1 Å². The number of amides is 1. The van der Waals surface area contributed by atoms with Gasteiger partial charge in [0.25, 0.3) is 0 Å². The van der Waals surface area contributed by atoms with E-state index in [9.17, 15) is 9.59 Å². The van der Waals surface area contributed by atoms with E-state index in [2.05, 4.69) is 6.92 Å². The number of esters is 1. The molecular weight excluding hydrogens is 294 g/mol. The van der Waals surface area contributed by atoms with Crippen LogP contribution >= 0.6 is 0 Å². The van der Waals surface area contributed by atoms with E-state index >= 15 is 0 Å². The monoisotopic (exact) mass is 325 g/mol. The van der Waals surface area contributed by atoms with E-state index in [1.54, 1.807) is 17.9 Å². The Morgan fingerprint density at radius 2 is 1.96 bits per heavy atom. The molecule has 132 valence electrons. The van der Waals surface area contributed by atoms with Gasteiger partial charge in [0.1, 0.15) is 5.60 Å². The predicted octanol–water partition coefficient (Wildman–Crippen LogP) is 4.07. The number of unbranched alkanes of at least 4 members (excludes halogenated alkanes) is 1. The van der Waals surface area contributed by atoms with Gasteiger partial charge in [0, 0.05) is 12.6 Å². The number of rotatable bonds is 6. The van der Waals surface area contributed by atoms with Crippen LogP contribution in [0.3, 0.4) is 0 Å². The summed E-state index contributed by atoms with van der Waals surface area (Å²) < 4.78 is 10.5. The summed E-state index contributed by atoms with van der Waals surface area (Å²) in [4.78, 5) is 26.0. The lowest BCUT2D eigenvalue weighted by Crippen LogP contribution is -2.40. The van der Waals surface area contributed by atoms with Gasteiger partial charge in [-0.1, -0.05) is 13.3 Å². The van der Waals surface area contributed by atoms with Crippen LogP contribution in [0, 0.1) is 0 Å². The van der Waals surface area contributed by atoms with Crippen molar-refractivity contribution in [2.24, 2.45) is 0 Å². The second-order valence-corrected chi connectivity index (χ2v) is 6.91. The zero-order valence-electron chi connectivity index (χ0n) is 15.2. The van der Waals surface area contributed by atoms with Crippen LogP contribution in [0.4, 0.5) is 4.79 Å². The molecule has 1 saturated heterocycles. The quantitative estimate of drug-likeness (QED) is 0.546. The number of nitrogens with zero attached hydrogens (tertiary/aromatic N) is 1. The lowest BCUT2D eigenvalue weighted by molar-refractivity contribution is -0.137. The van der Waals surface area contributed by atoms with Gasteiger partial charge in [0.05, 0.1) is 12.6 Å². The van der Waals surface area contributed by atoms with E-state index in [-0.39, 0.29) is 18.1 Å². The maximum Gasteiger partial charge on any atom is 0.410 e. The molecule has 1 unspecified atom stereocenters. The van der Waals surface area contributed by atoms with Crippen molar-refractivity contribution in [2.45, 2.75) is 78.4 Å². The van der Waals surface area contributed by atoms with E-state index in [0.29, 0.717) is 13.2 Å².